The highest BCUT2D eigenvalue weighted by Gasteiger charge is 2.30. The van der Waals surface area contributed by atoms with Crippen LogP contribution in [-0.2, 0) is 26.0 Å². The van der Waals surface area contributed by atoms with Gasteiger partial charge in [-0.2, -0.15) is 0 Å². The van der Waals surface area contributed by atoms with Crippen LogP contribution in [-0.4, -0.2) is 47.2 Å². The molecular weight excluding hydrogens is 416 g/mol. The molecule has 1 aliphatic heterocycles. The van der Waals surface area contributed by atoms with Gasteiger partial charge in [-0.15, -0.1) is 0 Å². The van der Waals surface area contributed by atoms with E-state index in [4.69, 9.17) is 21.1 Å². The summed E-state index contributed by atoms with van der Waals surface area (Å²) in [6.07, 6.45) is 0.797. The minimum absolute atomic E-state index is 0.0133. The summed E-state index contributed by atoms with van der Waals surface area (Å²) in [7, 11) is -2.22. The zero-order chi connectivity index (χ0) is 21.0. The first-order valence-electron chi connectivity index (χ1n) is 9.14. The van der Waals surface area contributed by atoms with Gasteiger partial charge in [-0.1, -0.05) is 29.8 Å². The highest BCUT2D eigenvalue weighted by Crippen LogP contribution is 2.32. The van der Waals surface area contributed by atoms with Crippen molar-refractivity contribution >= 4 is 33.2 Å². The van der Waals surface area contributed by atoms with Crippen molar-refractivity contribution in [2.45, 2.75) is 24.3 Å². The van der Waals surface area contributed by atoms with E-state index in [1.165, 1.54) is 25.3 Å². The Labute approximate surface area is 175 Å². The predicted octanol–water partition coefficient (Wildman–Crippen LogP) is 2.62. The van der Waals surface area contributed by atoms with Gasteiger partial charge in [0.25, 0.3) is 5.91 Å². The number of benzene rings is 2. The molecule has 0 aliphatic carbocycles. The Hall–Kier alpha value is -2.13. The SMILES string of the molecule is COCCNS(=O)(=O)c1ccc(OCC(=O)N2c3ccccc3CC2C)c(Cl)c1. The summed E-state index contributed by atoms with van der Waals surface area (Å²) in [4.78, 5) is 14.5. The maximum Gasteiger partial charge on any atom is 0.265 e. The Morgan fingerprint density at radius 3 is 2.76 bits per heavy atom. The number of hydrogen-bond acceptors (Lipinski definition) is 5. The second-order valence-corrected chi connectivity index (χ2v) is 8.89. The second-order valence-electron chi connectivity index (χ2n) is 6.72. The molecule has 1 aliphatic rings. The average molecular weight is 439 g/mol. The first-order valence-corrected chi connectivity index (χ1v) is 11.0. The monoisotopic (exact) mass is 438 g/mol. The average Bonchev–Trinajstić information content (AvgIpc) is 3.02. The van der Waals surface area contributed by atoms with E-state index in [2.05, 4.69) is 4.72 Å². The molecule has 0 spiro atoms. The predicted molar refractivity (Wildman–Crippen MR) is 111 cm³/mol. The topological polar surface area (TPSA) is 84.9 Å². The molecule has 0 saturated heterocycles. The molecule has 156 valence electrons. The molecule has 1 amide bonds. The van der Waals surface area contributed by atoms with Crippen LogP contribution in [0.1, 0.15) is 12.5 Å². The zero-order valence-corrected chi connectivity index (χ0v) is 17.8. The van der Waals surface area contributed by atoms with Crippen LogP contribution in [0.15, 0.2) is 47.4 Å². The van der Waals surface area contributed by atoms with E-state index in [0.717, 1.165) is 17.7 Å². The summed E-state index contributed by atoms with van der Waals surface area (Å²) < 4.78 is 37.3. The van der Waals surface area contributed by atoms with Crippen LogP contribution in [0.4, 0.5) is 5.69 Å². The van der Waals surface area contributed by atoms with Crippen molar-refractivity contribution in [1.82, 2.24) is 4.72 Å². The molecule has 1 heterocycles. The zero-order valence-electron chi connectivity index (χ0n) is 16.2. The Kier molecular flexibility index (Phi) is 6.79. The van der Waals surface area contributed by atoms with Crippen LogP contribution in [0.5, 0.6) is 5.75 Å². The lowest BCUT2D eigenvalue weighted by atomic mass is 10.1. The number of carbonyl (C=O) groups is 1. The maximum absolute atomic E-state index is 12.7. The number of amides is 1. The normalized spacial score (nSPS) is 16.0. The fourth-order valence-electron chi connectivity index (χ4n) is 3.28. The third kappa shape index (κ3) is 4.90. The first kappa shape index (κ1) is 21.6. The van der Waals surface area contributed by atoms with E-state index >= 15 is 0 Å². The van der Waals surface area contributed by atoms with Crippen molar-refractivity contribution in [3.05, 3.63) is 53.1 Å². The van der Waals surface area contributed by atoms with Gasteiger partial charge in [0.15, 0.2) is 6.61 Å². The molecule has 9 heteroatoms. The number of fused-ring (bicyclic) bond motifs is 1. The van der Waals surface area contributed by atoms with Crippen LogP contribution in [0.25, 0.3) is 0 Å². The van der Waals surface area contributed by atoms with Gasteiger partial charge >= 0.3 is 0 Å². The minimum Gasteiger partial charge on any atom is -0.482 e. The number of para-hydroxylation sites is 1. The van der Waals surface area contributed by atoms with Crippen LogP contribution < -0.4 is 14.4 Å². The summed E-state index contributed by atoms with van der Waals surface area (Å²) in [6, 6.07) is 12.0. The van der Waals surface area contributed by atoms with Crippen LogP contribution in [0.2, 0.25) is 5.02 Å². The van der Waals surface area contributed by atoms with Gasteiger partial charge in [0.2, 0.25) is 10.0 Å². The van der Waals surface area contributed by atoms with Gasteiger partial charge in [0, 0.05) is 25.4 Å². The molecule has 3 rings (SSSR count). The Morgan fingerprint density at radius 1 is 1.28 bits per heavy atom. The molecule has 2 aromatic carbocycles. The van der Waals surface area contributed by atoms with Crippen molar-refractivity contribution < 1.29 is 22.7 Å². The van der Waals surface area contributed by atoms with E-state index in [9.17, 15) is 13.2 Å². The van der Waals surface area contributed by atoms with E-state index in [1.807, 2.05) is 31.2 Å². The lowest BCUT2D eigenvalue weighted by Gasteiger charge is -2.23. The second kappa shape index (κ2) is 9.13. The molecule has 1 unspecified atom stereocenters. The fraction of sp³-hybridized carbons (Fsp3) is 0.350. The molecular formula is C20H23ClN2O5S. The van der Waals surface area contributed by atoms with Crippen molar-refractivity contribution in [2.75, 3.05) is 31.8 Å². The van der Waals surface area contributed by atoms with E-state index < -0.39 is 10.0 Å². The van der Waals surface area contributed by atoms with Gasteiger partial charge in [-0.05, 0) is 43.2 Å². The van der Waals surface area contributed by atoms with Crippen molar-refractivity contribution in [1.29, 1.82) is 0 Å². The Morgan fingerprint density at radius 2 is 2.03 bits per heavy atom. The minimum atomic E-state index is -3.70. The van der Waals surface area contributed by atoms with E-state index in [1.54, 1.807) is 4.90 Å². The van der Waals surface area contributed by atoms with Crippen LogP contribution >= 0.6 is 11.6 Å². The van der Waals surface area contributed by atoms with Gasteiger partial charge in [-0.25, -0.2) is 13.1 Å². The molecule has 7 nitrogen and oxygen atoms in total. The van der Waals surface area contributed by atoms with Crippen molar-refractivity contribution in [3.63, 3.8) is 0 Å². The molecule has 0 bridgehead atoms. The number of methoxy groups -OCH3 is 1. The molecule has 0 radical (unpaired) electrons. The molecule has 0 fully saturated rings. The number of anilines is 1. The molecule has 2 aromatic rings. The van der Waals surface area contributed by atoms with Gasteiger partial charge in [0.05, 0.1) is 16.5 Å². The highest BCUT2D eigenvalue weighted by molar-refractivity contribution is 7.89. The quantitative estimate of drug-likeness (QED) is 0.640. The summed E-state index contributed by atoms with van der Waals surface area (Å²) in [5, 5.41) is 0.113. The number of rotatable bonds is 8. The fourth-order valence-corrected chi connectivity index (χ4v) is 4.62. The molecule has 1 N–H and O–H groups in total. The largest absolute Gasteiger partial charge is 0.482 e. The van der Waals surface area contributed by atoms with Crippen molar-refractivity contribution in [2.24, 2.45) is 0 Å². The first-order chi connectivity index (χ1) is 13.8. The molecule has 0 aromatic heterocycles. The summed E-state index contributed by atoms with van der Waals surface area (Å²) >= 11 is 6.18. The lowest BCUT2D eigenvalue weighted by molar-refractivity contribution is -0.120. The number of carbonyl (C=O) groups excluding carboxylic acids is 1. The van der Waals surface area contributed by atoms with Gasteiger partial charge < -0.3 is 14.4 Å². The number of ether oxygens (including phenoxy) is 2. The van der Waals surface area contributed by atoms with E-state index in [-0.39, 0.29) is 47.4 Å². The van der Waals surface area contributed by atoms with Crippen LogP contribution in [0, 0.1) is 0 Å². The summed E-state index contributed by atoms with van der Waals surface area (Å²) in [5.74, 6) is 0.0624. The van der Waals surface area contributed by atoms with Gasteiger partial charge in [-0.3, -0.25) is 4.79 Å². The highest BCUT2D eigenvalue weighted by atomic mass is 35.5. The summed E-state index contributed by atoms with van der Waals surface area (Å²) in [6.45, 7) is 2.20. The number of hydrogen-bond donors (Lipinski definition) is 1. The Balaban J connectivity index is 1.66. The molecule has 0 saturated carbocycles. The summed E-state index contributed by atoms with van der Waals surface area (Å²) in [5.41, 5.74) is 2.02. The van der Waals surface area contributed by atoms with Gasteiger partial charge in [0.1, 0.15) is 5.75 Å². The Bertz CT molecular complexity index is 996. The van der Waals surface area contributed by atoms with Crippen LogP contribution in [0.3, 0.4) is 0 Å². The number of sulfonamides is 1. The van der Waals surface area contributed by atoms with E-state index in [0.29, 0.717) is 0 Å². The maximum atomic E-state index is 12.7. The smallest absolute Gasteiger partial charge is 0.265 e. The third-order valence-corrected chi connectivity index (χ3v) is 6.39. The molecule has 1 atom stereocenters. The number of nitrogens with zero attached hydrogens (tertiary/aromatic N) is 1. The lowest BCUT2D eigenvalue weighted by Crippen LogP contribution is -2.39. The number of nitrogens with one attached hydrogen (secondary N) is 1. The molecule has 29 heavy (non-hydrogen) atoms. The number of halogens is 1. The third-order valence-electron chi connectivity index (χ3n) is 4.64. The van der Waals surface area contributed by atoms with Crippen molar-refractivity contribution in [3.8, 4) is 5.75 Å². The standard InChI is InChI=1S/C20H23ClN2O5S/c1-14-11-15-5-3-4-6-18(15)23(14)20(24)13-28-19-8-7-16(12-17(19)21)29(25,26)22-9-10-27-2/h3-8,12,14,22H,9-11,13H2,1-2H3.